The Balaban J connectivity index is 2.05. The molecule has 4 nitrogen and oxygen atoms in total. The maximum atomic E-state index is 13.6. The van der Waals surface area contributed by atoms with E-state index in [9.17, 15) is 18.0 Å². The van der Waals surface area contributed by atoms with Crippen molar-refractivity contribution in [1.82, 2.24) is 9.55 Å². The number of para-hydroxylation sites is 1. The zero-order chi connectivity index (χ0) is 20.4. The van der Waals surface area contributed by atoms with Gasteiger partial charge in [-0.25, -0.2) is 4.98 Å². The van der Waals surface area contributed by atoms with Gasteiger partial charge in [-0.2, -0.15) is 13.2 Å². The lowest BCUT2D eigenvalue weighted by molar-refractivity contribution is -0.136. The van der Waals surface area contributed by atoms with Crippen LogP contribution in [0, 0.1) is 0 Å². The molecule has 0 radical (unpaired) electrons. The standard InChI is InChI=1S/C22H16F3N3O/c23-22(24,25)17-12-13-26-21-20(17)18(29)14-19(27-15-8-4-3-5-9-15)28(21)16-10-6-1-2-7-11-16/h1,3-14,27H,2H2. The van der Waals surface area contributed by atoms with Gasteiger partial charge in [0.15, 0.2) is 11.1 Å². The molecule has 4 rings (SSSR count). The van der Waals surface area contributed by atoms with Gasteiger partial charge in [0.25, 0.3) is 0 Å². The highest BCUT2D eigenvalue weighted by atomic mass is 19.4. The van der Waals surface area contributed by atoms with E-state index in [1.54, 1.807) is 24.3 Å². The zero-order valence-electron chi connectivity index (χ0n) is 15.1. The van der Waals surface area contributed by atoms with Gasteiger partial charge in [0.1, 0.15) is 5.82 Å². The van der Waals surface area contributed by atoms with Crippen LogP contribution in [0.4, 0.5) is 24.7 Å². The topological polar surface area (TPSA) is 46.9 Å². The minimum absolute atomic E-state index is 0.0584. The van der Waals surface area contributed by atoms with E-state index in [1.165, 1.54) is 10.6 Å². The SMILES string of the molecule is O=c1cc(Nc2ccccc2)n(C2=CC=CCC=C2)c2nccc(C(F)(F)F)c12. The summed E-state index contributed by atoms with van der Waals surface area (Å²) in [6, 6.07) is 11.1. The fourth-order valence-electron chi connectivity index (χ4n) is 3.21. The molecule has 1 aliphatic carbocycles. The van der Waals surface area contributed by atoms with Crippen molar-refractivity contribution in [3.8, 4) is 0 Å². The maximum absolute atomic E-state index is 13.6. The number of alkyl halides is 3. The Morgan fingerprint density at radius 3 is 2.62 bits per heavy atom. The van der Waals surface area contributed by atoms with Crippen molar-refractivity contribution in [3.05, 3.63) is 94.8 Å². The first kappa shape index (κ1) is 18.7. The molecule has 0 unspecified atom stereocenters. The minimum atomic E-state index is -4.67. The van der Waals surface area contributed by atoms with E-state index in [-0.39, 0.29) is 5.65 Å². The first-order valence-corrected chi connectivity index (χ1v) is 8.93. The summed E-state index contributed by atoms with van der Waals surface area (Å²) in [5, 5.41) is 2.67. The van der Waals surface area contributed by atoms with Gasteiger partial charge in [0.2, 0.25) is 0 Å². The summed E-state index contributed by atoms with van der Waals surface area (Å²) in [4.78, 5) is 16.9. The van der Waals surface area contributed by atoms with Gasteiger partial charge in [-0.15, -0.1) is 0 Å². The molecule has 0 fully saturated rings. The molecule has 7 heteroatoms. The largest absolute Gasteiger partial charge is 0.417 e. The number of halogens is 3. The molecule has 1 N–H and O–H groups in total. The van der Waals surface area contributed by atoms with E-state index in [0.29, 0.717) is 23.6 Å². The lowest BCUT2D eigenvalue weighted by Crippen LogP contribution is -2.18. The van der Waals surface area contributed by atoms with Gasteiger partial charge < -0.3 is 5.32 Å². The third-order valence-electron chi connectivity index (χ3n) is 4.47. The Morgan fingerprint density at radius 1 is 1.07 bits per heavy atom. The molecule has 0 saturated carbocycles. The van der Waals surface area contributed by atoms with Crippen LogP contribution in [0.3, 0.4) is 0 Å². The molecule has 0 amide bonds. The summed E-state index contributed by atoms with van der Waals surface area (Å²) in [6.45, 7) is 0. The average molecular weight is 395 g/mol. The molecule has 2 heterocycles. The second-order valence-corrected chi connectivity index (χ2v) is 6.43. The molecule has 1 aliphatic rings. The number of benzene rings is 1. The summed E-state index contributed by atoms with van der Waals surface area (Å²) < 4.78 is 42.2. The molecule has 0 saturated heterocycles. The van der Waals surface area contributed by atoms with Crippen molar-refractivity contribution >= 4 is 28.2 Å². The van der Waals surface area contributed by atoms with Crippen molar-refractivity contribution in [2.45, 2.75) is 12.6 Å². The van der Waals surface area contributed by atoms with Crippen LogP contribution in [-0.4, -0.2) is 9.55 Å². The molecule has 146 valence electrons. The van der Waals surface area contributed by atoms with Gasteiger partial charge >= 0.3 is 6.18 Å². The van der Waals surface area contributed by atoms with E-state index in [0.717, 1.165) is 12.3 Å². The van der Waals surface area contributed by atoms with Crippen LogP contribution < -0.4 is 10.7 Å². The summed E-state index contributed by atoms with van der Waals surface area (Å²) in [6.07, 6.45) is 6.30. The molecule has 29 heavy (non-hydrogen) atoms. The number of aromatic nitrogens is 2. The van der Waals surface area contributed by atoms with Crippen LogP contribution >= 0.6 is 0 Å². The highest BCUT2D eigenvalue weighted by Gasteiger charge is 2.34. The summed E-state index contributed by atoms with van der Waals surface area (Å²) >= 11 is 0. The molecule has 0 spiro atoms. The third-order valence-corrected chi connectivity index (χ3v) is 4.47. The van der Waals surface area contributed by atoms with Crippen LogP contribution in [0.1, 0.15) is 12.0 Å². The lowest BCUT2D eigenvalue weighted by atomic mass is 10.1. The number of nitrogens with zero attached hydrogens (tertiary/aromatic N) is 2. The van der Waals surface area contributed by atoms with Gasteiger partial charge in [-0.3, -0.25) is 9.36 Å². The first-order valence-electron chi connectivity index (χ1n) is 8.93. The van der Waals surface area contributed by atoms with Crippen LogP contribution in [0.25, 0.3) is 16.7 Å². The Kier molecular flexibility index (Phi) is 4.80. The summed E-state index contributed by atoms with van der Waals surface area (Å²) in [5.74, 6) is 0.326. The highest BCUT2D eigenvalue weighted by molar-refractivity contribution is 5.87. The molecule has 0 atom stereocenters. The van der Waals surface area contributed by atoms with Gasteiger partial charge in [0.05, 0.1) is 10.9 Å². The molecule has 2 aromatic heterocycles. The Hall–Kier alpha value is -3.61. The van der Waals surface area contributed by atoms with Crippen molar-refractivity contribution < 1.29 is 13.2 Å². The molecular formula is C22H16F3N3O. The smallest absolute Gasteiger partial charge is 0.341 e. The first-order chi connectivity index (χ1) is 13.9. The van der Waals surface area contributed by atoms with E-state index < -0.39 is 22.6 Å². The van der Waals surface area contributed by atoms with E-state index in [1.807, 2.05) is 36.4 Å². The summed E-state index contributed by atoms with van der Waals surface area (Å²) in [5.41, 5.74) is -0.517. The van der Waals surface area contributed by atoms with E-state index >= 15 is 0 Å². The van der Waals surface area contributed by atoms with E-state index in [2.05, 4.69) is 10.3 Å². The zero-order valence-corrected chi connectivity index (χ0v) is 15.1. The number of nitrogens with one attached hydrogen (secondary N) is 1. The van der Waals surface area contributed by atoms with Crippen LogP contribution in [0.2, 0.25) is 0 Å². The maximum Gasteiger partial charge on any atom is 0.417 e. The number of hydrogen-bond acceptors (Lipinski definition) is 3. The molecule has 0 bridgehead atoms. The number of hydrogen-bond donors (Lipinski definition) is 1. The third kappa shape index (κ3) is 3.71. The van der Waals surface area contributed by atoms with Gasteiger partial charge in [0, 0.05) is 23.6 Å². The Bertz CT molecular complexity index is 1210. The van der Waals surface area contributed by atoms with Crippen molar-refractivity contribution in [1.29, 1.82) is 0 Å². The quantitative estimate of drug-likeness (QED) is 0.636. The fourth-order valence-corrected chi connectivity index (χ4v) is 3.21. The van der Waals surface area contributed by atoms with E-state index in [4.69, 9.17) is 0 Å². The predicted octanol–water partition coefficient (Wildman–Crippen LogP) is 5.52. The van der Waals surface area contributed by atoms with Gasteiger partial charge in [-0.05, 0) is 36.8 Å². The number of anilines is 2. The van der Waals surface area contributed by atoms with Crippen molar-refractivity contribution in [3.63, 3.8) is 0 Å². The minimum Gasteiger partial charge on any atom is -0.341 e. The Morgan fingerprint density at radius 2 is 1.86 bits per heavy atom. The molecule has 1 aromatic carbocycles. The number of allylic oxidation sites excluding steroid dienone is 6. The second kappa shape index (κ2) is 7.43. The van der Waals surface area contributed by atoms with Crippen LogP contribution in [0.15, 0.2) is 83.8 Å². The Labute approximate surface area is 164 Å². The summed E-state index contributed by atoms with van der Waals surface area (Å²) in [7, 11) is 0. The van der Waals surface area contributed by atoms with Crippen LogP contribution in [0.5, 0.6) is 0 Å². The number of rotatable bonds is 3. The fraction of sp³-hybridized carbons (Fsp3) is 0.0909. The molecule has 0 aliphatic heterocycles. The van der Waals surface area contributed by atoms with Gasteiger partial charge in [-0.1, -0.05) is 36.4 Å². The van der Waals surface area contributed by atoms with Crippen LogP contribution in [-0.2, 0) is 6.18 Å². The predicted molar refractivity (Wildman–Crippen MR) is 108 cm³/mol. The normalized spacial score (nSPS) is 14.0. The van der Waals surface area contributed by atoms with Crippen molar-refractivity contribution in [2.75, 3.05) is 5.32 Å². The monoisotopic (exact) mass is 395 g/mol. The lowest BCUT2D eigenvalue weighted by Gasteiger charge is -2.19. The second-order valence-electron chi connectivity index (χ2n) is 6.43. The van der Waals surface area contributed by atoms with Crippen molar-refractivity contribution in [2.24, 2.45) is 0 Å². The average Bonchev–Trinajstić information content (AvgIpc) is 2.97. The highest BCUT2D eigenvalue weighted by Crippen LogP contribution is 2.34. The molecule has 3 aromatic rings. The number of fused-ring (bicyclic) bond motifs is 1. The number of pyridine rings is 2. The molecular weight excluding hydrogens is 379 g/mol.